The van der Waals surface area contributed by atoms with Crippen molar-refractivity contribution in [2.45, 2.75) is 57.1 Å². The summed E-state index contributed by atoms with van der Waals surface area (Å²) in [6.07, 6.45) is 4.41. The number of nitriles is 1. The molecule has 4 rings (SSSR count). The first-order valence-corrected chi connectivity index (χ1v) is 10.0. The summed E-state index contributed by atoms with van der Waals surface area (Å²) in [6.45, 7) is 1.12. The van der Waals surface area contributed by atoms with Gasteiger partial charge in [-0.1, -0.05) is 0 Å². The number of aliphatic hydroxyl groups is 1. The fourth-order valence-corrected chi connectivity index (χ4v) is 5.07. The van der Waals surface area contributed by atoms with Gasteiger partial charge < -0.3 is 14.9 Å². The highest BCUT2D eigenvalue weighted by Crippen LogP contribution is 2.43. The zero-order valence-electron chi connectivity index (χ0n) is 16.0. The molecule has 0 aromatic carbocycles. The van der Waals surface area contributed by atoms with Crippen LogP contribution in [0.1, 0.15) is 50.5 Å². The van der Waals surface area contributed by atoms with Crippen molar-refractivity contribution in [1.29, 1.82) is 5.26 Å². The van der Waals surface area contributed by atoms with Crippen molar-refractivity contribution in [1.82, 2.24) is 9.88 Å². The maximum Gasteiger partial charge on any atom is 0.252 e. The summed E-state index contributed by atoms with van der Waals surface area (Å²) in [5.74, 6) is -4.70. The molecule has 2 aliphatic heterocycles. The van der Waals surface area contributed by atoms with E-state index >= 15 is 0 Å². The Morgan fingerprint density at radius 1 is 1.10 bits per heavy atom. The second kappa shape index (κ2) is 7.48. The number of anilines is 1. The highest BCUT2D eigenvalue weighted by Gasteiger charge is 2.51. The number of likely N-dealkylation sites (tertiary alicyclic amines) is 1. The number of pyridine rings is 1. The van der Waals surface area contributed by atoms with E-state index in [1.54, 1.807) is 0 Å². The van der Waals surface area contributed by atoms with E-state index < -0.39 is 34.4 Å². The van der Waals surface area contributed by atoms with E-state index in [0.717, 1.165) is 12.8 Å². The van der Waals surface area contributed by atoms with Crippen LogP contribution in [0.5, 0.6) is 0 Å². The Morgan fingerprint density at radius 3 is 2.52 bits per heavy atom. The number of carbonyl (C=O) groups excluding carboxylic acids is 1. The maximum atomic E-state index is 14.6. The van der Waals surface area contributed by atoms with Crippen molar-refractivity contribution in [3.8, 4) is 6.07 Å². The number of hydrogen-bond donors (Lipinski definition) is 1. The minimum Gasteiger partial charge on any atom is -0.393 e. The van der Waals surface area contributed by atoms with Gasteiger partial charge in [0.2, 0.25) is 5.91 Å². The predicted octanol–water partition coefficient (Wildman–Crippen LogP) is 2.49. The molecule has 9 heteroatoms. The first kappa shape index (κ1) is 20.0. The number of hydrogen-bond acceptors (Lipinski definition) is 5. The number of nitrogens with zero attached hydrogens (tertiary/aromatic N) is 4. The number of rotatable bonds is 2. The molecule has 1 atom stereocenters. The lowest BCUT2D eigenvalue weighted by Gasteiger charge is -2.41. The molecule has 3 aliphatic rings. The van der Waals surface area contributed by atoms with Gasteiger partial charge >= 0.3 is 0 Å². The van der Waals surface area contributed by atoms with Gasteiger partial charge in [0, 0.05) is 25.7 Å². The molecule has 1 unspecified atom stereocenters. The molecule has 1 aromatic heterocycles. The Hall–Kier alpha value is -2.34. The molecule has 3 heterocycles. The molecular weight excluding hydrogens is 385 g/mol. The predicted molar refractivity (Wildman–Crippen MR) is 97.3 cm³/mol. The van der Waals surface area contributed by atoms with Gasteiger partial charge in [-0.25, -0.2) is 8.78 Å². The summed E-state index contributed by atoms with van der Waals surface area (Å²) in [5.41, 5.74) is -1.70. The lowest BCUT2D eigenvalue weighted by Crippen LogP contribution is -2.50. The van der Waals surface area contributed by atoms with E-state index in [-0.39, 0.29) is 24.6 Å². The van der Waals surface area contributed by atoms with E-state index in [0.29, 0.717) is 45.2 Å². The molecule has 2 saturated heterocycles. The number of amides is 1. The molecule has 3 fully saturated rings. The van der Waals surface area contributed by atoms with Gasteiger partial charge in [0.1, 0.15) is 11.6 Å². The van der Waals surface area contributed by atoms with Crippen LogP contribution in [0.2, 0.25) is 0 Å². The van der Waals surface area contributed by atoms with Gasteiger partial charge in [0.05, 0.1) is 11.5 Å². The third-order valence-electron chi connectivity index (χ3n) is 6.66. The van der Waals surface area contributed by atoms with Crippen molar-refractivity contribution >= 4 is 11.7 Å². The van der Waals surface area contributed by atoms with E-state index in [2.05, 4.69) is 4.98 Å². The molecule has 156 valence electrons. The van der Waals surface area contributed by atoms with Crippen LogP contribution in [0.3, 0.4) is 0 Å². The highest BCUT2D eigenvalue weighted by molar-refractivity contribution is 5.86. The van der Waals surface area contributed by atoms with Gasteiger partial charge in [-0.3, -0.25) is 4.79 Å². The summed E-state index contributed by atoms with van der Waals surface area (Å²) in [4.78, 5) is 20.1. The lowest BCUT2D eigenvalue weighted by atomic mass is 9.78. The summed E-state index contributed by atoms with van der Waals surface area (Å²) in [6, 6.07) is 1.46. The molecule has 0 bridgehead atoms. The van der Waals surface area contributed by atoms with Crippen LogP contribution in [0, 0.1) is 34.3 Å². The molecule has 6 nitrogen and oxygen atoms in total. The number of aliphatic hydroxyl groups excluding tert-OH is 1. The summed E-state index contributed by atoms with van der Waals surface area (Å²) < 4.78 is 42.1. The Labute approximate surface area is 166 Å². The second-order valence-corrected chi connectivity index (χ2v) is 8.36. The van der Waals surface area contributed by atoms with Crippen molar-refractivity contribution in [2.24, 2.45) is 5.41 Å². The van der Waals surface area contributed by atoms with Crippen LogP contribution in [-0.2, 0) is 4.79 Å². The molecule has 29 heavy (non-hydrogen) atoms. The average molecular weight is 408 g/mol. The fourth-order valence-electron chi connectivity index (χ4n) is 5.07. The Morgan fingerprint density at radius 2 is 1.83 bits per heavy atom. The van der Waals surface area contributed by atoms with Crippen molar-refractivity contribution in [3.63, 3.8) is 0 Å². The Balaban J connectivity index is 1.57. The van der Waals surface area contributed by atoms with Crippen LogP contribution >= 0.6 is 0 Å². The fraction of sp³-hybridized carbons (Fsp3) is 0.650. The zero-order chi connectivity index (χ0) is 20.8. The van der Waals surface area contributed by atoms with Gasteiger partial charge in [0.25, 0.3) is 5.95 Å². The zero-order valence-corrected chi connectivity index (χ0v) is 16.0. The summed E-state index contributed by atoms with van der Waals surface area (Å²) >= 11 is 0. The van der Waals surface area contributed by atoms with Crippen molar-refractivity contribution in [3.05, 3.63) is 23.1 Å². The first-order valence-electron chi connectivity index (χ1n) is 10.0. The minimum absolute atomic E-state index is 0.00656. The lowest BCUT2D eigenvalue weighted by molar-refractivity contribution is -0.139. The van der Waals surface area contributed by atoms with Gasteiger partial charge in [-0.05, 0) is 44.9 Å². The number of halogens is 3. The largest absolute Gasteiger partial charge is 0.393 e. The van der Waals surface area contributed by atoms with Crippen LogP contribution < -0.4 is 4.90 Å². The van der Waals surface area contributed by atoms with Crippen LogP contribution in [0.25, 0.3) is 0 Å². The van der Waals surface area contributed by atoms with E-state index in [1.807, 2.05) is 4.90 Å². The van der Waals surface area contributed by atoms with Crippen molar-refractivity contribution in [2.75, 3.05) is 24.5 Å². The van der Waals surface area contributed by atoms with Gasteiger partial charge in [-0.15, -0.1) is 0 Å². The quantitative estimate of drug-likeness (QED) is 0.761. The number of piperidine rings is 1. The van der Waals surface area contributed by atoms with Crippen LogP contribution in [0.4, 0.5) is 19.0 Å². The van der Waals surface area contributed by atoms with Crippen molar-refractivity contribution < 1.29 is 23.1 Å². The molecular formula is C20H23F3N4O2. The molecule has 1 saturated carbocycles. The summed E-state index contributed by atoms with van der Waals surface area (Å²) in [7, 11) is 0. The molecule has 1 aliphatic carbocycles. The Kier molecular flexibility index (Phi) is 5.15. The van der Waals surface area contributed by atoms with E-state index in [9.17, 15) is 23.1 Å². The monoisotopic (exact) mass is 408 g/mol. The molecule has 1 aromatic rings. The average Bonchev–Trinajstić information content (AvgIpc) is 3.01. The Bertz CT molecular complexity index is 866. The van der Waals surface area contributed by atoms with Gasteiger partial charge in [0.15, 0.2) is 17.5 Å². The highest BCUT2D eigenvalue weighted by atomic mass is 19.2. The molecule has 0 radical (unpaired) electrons. The smallest absolute Gasteiger partial charge is 0.252 e. The SMILES string of the molecule is N#Cc1c(F)c(F)nc(N2CCCC3(CCN(C4CCC(O)CC4)C3=O)C2)c1F. The third kappa shape index (κ3) is 3.33. The van der Waals surface area contributed by atoms with E-state index in [1.165, 1.54) is 11.0 Å². The third-order valence-corrected chi connectivity index (χ3v) is 6.66. The van der Waals surface area contributed by atoms with Crippen LogP contribution in [0.15, 0.2) is 0 Å². The standard InChI is InChI=1S/C20H23F3N4O2/c21-15-14(10-24)16(22)18(25-17(15)23)26-8-1-6-20(11-26)7-9-27(19(20)29)12-2-4-13(28)5-3-12/h12-13,28H,1-9,11H2. The summed E-state index contributed by atoms with van der Waals surface area (Å²) in [5, 5.41) is 18.7. The second-order valence-electron chi connectivity index (χ2n) is 8.36. The molecule has 1 spiro atoms. The van der Waals surface area contributed by atoms with E-state index in [4.69, 9.17) is 5.26 Å². The van der Waals surface area contributed by atoms with Crippen LogP contribution in [-0.4, -0.2) is 52.7 Å². The maximum absolute atomic E-state index is 14.6. The number of aromatic nitrogens is 1. The molecule has 1 amide bonds. The number of carbonyl (C=O) groups is 1. The molecule has 1 N–H and O–H groups in total. The first-order chi connectivity index (χ1) is 13.9. The minimum atomic E-state index is -1.59. The normalized spacial score (nSPS) is 30.1. The topological polar surface area (TPSA) is 80.5 Å². The van der Waals surface area contributed by atoms with Gasteiger partial charge in [-0.2, -0.15) is 14.6 Å².